The van der Waals surface area contributed by atoms with E-state index in [9.17, 15) is 14.7 Å². The van der Waals surface area contributed by atoms with Gasteiger partial charge in [0.1, 0.15) is 0 Å². The molecule has 0 spiro atoms. The molecular weight excluding hydrogens is 260 g/mol. The minimum absolute atomic E-state index is 0.0184. The van der Waals surface area contributed by atoms with Crippen LogP contribution in [-0.4, -0.2) is 44.8 Å². The van der Waals surface area contributed by atoms with Crippen molar-refractivity contribution in [3.05, 3.63) is 27.7 Å². The lowest BCUT2D eigenvalue weighted by Crippen LogP contribution is -2.53. The van der Waals surface area contributed by atoms with E-state index in [4.69, 9.17) is 5.73 Å². The zero-order valence-corrected chi connectivity index (χ0v) is 11.1. The van der Waals surface area contributed by atoms with Crippen LogP contribution in [0.2, 0.25) is 0 Å². The highest BCUT2D eigenvalue weighted by atomic mass is 16.3. The third kappa shape index (κ3) is 2.34. The lowest BCUT2D eigenvalue weighted by atomic mass is 9.75. The van der Waals surface area contributed by atoms with Crippen molar-refractivity contribution in [3.63, 3.8) is 0 Å². The molecule has 20 heavy (non-hydrogen) atoms. The summed E-state index contributed by atoms with van der Waals surface area (Å²) in [6.07, 6.45) is 1.02. The number of amides is 1. The van der Waals surface area contributed by atoms with Crippen LogP contribution in [0.5, 0.6) is 0 Å². The zero-order valence-electron chi connectivity index (χ0n) is 11.1. The van der Waals surface area contributed by atoms with E-state index < -0.39 is 6.10 Å². The second kappa shape index (κ2) is 4.99. The van der Waals surface area contributed by atoms with E-state index in [1.165, 1.54) is 6.07 Å². The number of hydrogen-bond acceptors (Lipinski definition) is 5. The normalized spacial score (nSPS) is 28.7. The molecule has 0 radical (unpaired) electrons. The highest BCUT2D eigenvalue weighted by Gasteiger charge is 2.39. The topological polar surface area (TPSA) is 112 Å². The number of fused-ring (bicyclic) bond motifs is 1. The van der Waals surface area contributed by atoms with Crippen LogP contribution >= 0.6 is 0 Å². The summed E-state index contributed by atoms with van der Waals surface area (Å²) in [5.74, 6) is -0.156. The molecule has 0 bridgehead atoms. The van der Waals surface area contributed by atoms with Gasteiger partial charge in [-0.05, 0) is 6.42 Å². The zero-order chi connectivity index (χ0) is 14.3. The van der Waals surface area contributed by atoms with Gasteiger partial charge < -0.3 is 15.7 Å². The molecule has 2 heterocycles. The van der Waals surface area contributed by atoms with E-state index in [0.29, 0.717) is 25.9 Å². The Bertz CT molecular complexity index is 577. The van der Waals surface area contributed by atoms with Gasteiger partial charge in [0.2, 0.25) is 5.91 Å². The van der Waals surface area contributed by atoms with Crippen LogP contribution in [0.1, 0.15) is 24.1 Å². The first-order valence-electron chi connectivity index (χ1n) is 6.83. The van der Waals surface area contributed by atoms with Crippen LogP contribution in [0.15, 0.2) is 10.9 Å². The average molecular weight is 278 g/mol. The van der Waals surface area contributed by atoms with Crippen molar-refractivity contribution in [1.29, 1.82) is 0 Å². The fourth-order valence-corrected chi connectivity index (χ4v) is 2.90. The summed E-state index contributed by atoms with van der Waals surface area (Å²) in [5.41, 5.74) is 7.19. The predicted octanol–water partition coefficient (Wildman–Crippen LogP) is -1.25. The number of aliphatic hydroxyl groups excluding tert-OH is 1. The maximum Gasteiger partial charge on any atom is 0.264 e. The van der Waals surface area contributed by atoms with E-state index in [-0.39, 0.29) is 29.8 Å². The van der Waals surface area contributed by atoms with Gasteiger partial charge in [-0.15, -0.1) is 0 Å². The van der Waals surface area contributed by atoms with Gasteiger partial charge in [-0.3, -0.25) is 9.59 Å². The number of H-pyrrole nitrogens is 1. The molecule has 3 rings (SSSR count). The van der Waals surface area contributed by atoms with Crippen LogP contribution in [0.25, 0.3) is 0 Å². The van der Waals surface area contributed by atoms with Crippen LogP contribution in [0.4, 0.5) is 0 Å². The number of aliphatic hydroxyl groups is 1. The Hall–Kier alpha value is -1.73. The number of aromatic amines is 1. The van der Waals surface area contributed by atoms with Crippen LogP contribution < -0.4 is 11.3 Å². The van der Waals surface area contributed by atoms with Crippen molar-refractivity contribution in [2.45, 2.75) is 38.0 Å². The van der Waals surface area contributed by atoms with Crippen molar-refractivity contribution in [1.82, 2.24) is 15.1 Å². The van der Waals surface area contributed by atoms with Crippen LogP contribution in [0, 0.1) is 5.92 Å². The largest absolute Gasteiger partial charge is 0.393 e. The summed E-state index contributed by atoms with van der Waals surface area (Å²) in [6.45, 7) is 0.992. The van der Waals surface area contributed by atoms with E-state index in [1.807, 2.05) is 0 Å². The molecule has 1 fully saturated rings. The average Bonchev–Trinajstić information content (AvgIpc) is 2.44. The molecule has 1 saturated carbocycles. The van der Waals surface area contributed by atoms with Crippen molar-refractivity contribution >= 4 is 5.91 Å². The van der Waals surface area contributed by atoms with Crippen molar-refractivity contribution in [2.75, 3.05) is 6.54 Å². The number of carbonyl (C=O) groups excluding carboxylic acids is 1. The molecule has 108 valence electrons. The number of nitrogens with zero attached hydrogens (tertiary/aromatic N) is 2. The fourth-order valence-electron chi connectivity index (χ4n) is 2.90. The fraction of sp³-hybridized carbons (Fsp3) is 0.615. The Labute approximate surface area is 115 Å². The number of nitrogens with one attached hydrogen (secondary N) is 1. The van der Waals surface area contributed by atoms with Gasteiger partial charge in [0.25, 0.3) is 5.56 Å². The molecule has 3 atom stereocenters. The van der Waals surface area contributed by atoms with Gasteiger partial charge in [0, 0.05) is 49.5 Å². The summed E-state index contributed by atoms with van der Waals surface area (Å²) < 4.78 is 0. The van der Waals surface area contributed by atoms with Gasteiger partial charge in [-0.2, -0.15) is 5.10 Å². The Balaban J connectivity index is 1.67. The van der Waals surface area contributed by atoms with Gasteiger partial charge in [-0.1, -0.05) is 0 Å². The van der Waals surface area contributed by atoms with Crippen LogP contribution in [-0.2, 0) is 17.8 Å². The SMILES string of the molecule is N[C@@H]1C[C@H](O)[C@H]1CC(=O)N1CCc2n[nH]c(=O)cc2C1. The molecule has 0 unspecified atom stereocenters. The Kier molecular flexibility index (Phi) is 3.31. The van der Waals surface area contributed by atoms with Gasteiger partial charge in [-0.25, -0.2) is 5.10 Å². The molecule has 4 N–H and O–H groups in total. The number of nitrogens with two attached hydrogens (primary N) is 1. The van der Waals surface area contributed by atoms with Crippen LogP contribution in [0.3, 0.4) is 0 Å². The molecule has 1 aromatic heterocycles. The molecule has 7 heteroatoms. The third-order valence-electron chi connectivity index (χ3n) is 4.28. The molecule has 1 aromatic rings. The molecule has 0 saturated heterocycles. The highest BCUT2D eigenvalue weighted by molar-refractivity contribution is 5.77. The first-order chi connectivity index (χ1) is 9.54. The smallest absolute Gasteiger partial charge is 0.264 e. The Morgan fingerprint density at radius 1 is 1.60 bits per heavy atom. The standard InChI is InChI=1S/C13H18N4O3/c14-9-5-11(18)8(9)4-13(20)17-2-1-10-7(6-17)3-12(19)16-15-10/h3,8-9,11,18H,1-2,4-6,14H2,(H,16,19)/t8-,9+,11-/m0/s1. The second-order valence-electron chi connectivity index (χ2n) is 5.60. The molecule has 2 aliphatic rings. The monoisotopic (exact) mass is 278 g/mol. The maximum absolute atomic E-state index is 12.2. The highest BCUT2D eigenvalue weighted by Crippen LogP contribution is 2.30. The molecule has 7 nitrogen and oxygen atoms in total. The minimum Gasteiger partial charge on any atom is -0.393 e. The molecule has 0 aromatic carbocycles. The molecule has 1 amide bonds. The molecule has 1 aliphatic heterocycles. The van der Waals surface area contributed by atoms with Gasteiger partial charge in [0.05, 0.1) is 11.8 Å². The molecular formula is C13H18N4O3. The molecule has 1 aliphatic carbocycles. The lowest BCUT2D eigenvalue weighted by molar-refractivity contribution is -0.136. The first kappa shape index (κ1) is 13.3. The van der Waals surface area contributed by atoms with Gasteiger partial charge in [0.15, 0.2) is 0 Å². The number of aromatic nitrogens is 2. The number of rotatable bonds is 2. The number of carbonyl (C=O) groups is 1. The van der Waals surface area contributed by atoms with Gasteiger partial charge >= 0.3 is 0 Å². The summed E-state index contributed by atoms with van der Waals surface area (Å²) in [6, 6.07) is 1.40. The van der Waals surface area contributed by atoms with Crippen molar-refractivity contribution in [3.8, 4) is 0 Å². The van der Waals surface area contributed by atoms with E-state index in [2.05, 4.69) is 10.2 Å². The van der Waals surface area contributed by atoms with Crippen molar-refractivity contribution < 1.29 is 9.90 Å². The number of hydrogen-bond donors (Lipinski definition) is 3. The second-order valence-corrected chi connectivity index (χ2v) is 5.60. The van der Waals surface area contributed by atoms with E-state index in [0.717, 1.165) is 11.3 Å². The predicted molar refractivity (Wildman–Crippen MR) is 70.7 cm³/mol. The van der Waals surface area contributed by atoms with E-state index >= 15 is 0 Å². The maximum atomic E-state index is 12.2. The minimum atomic E-state index is -0.462. The summed E-state index contributed by atoms with van der Waals surface area (Å²) in [5, 5.41) is 16.0. The summed E-state index contributed by atoms with van der Waals surface area (Å²) >= 11 is 0. The van der Waals surface area contributed by atoms with Crippen molar-refractivity contribution in [2.24, 2.45) is 11.7 Å². The summed E-state index contributed by atoms with van der Waals surface area (Å²) in [4.78, 5) is 25.2. The summed E-state index contributed by atoms with van der Waals surface area (Å²) in [7, 11) is 0. The quantitative estimate of drug-likeness (QED) is 0.626. The lowest BCUT2D eigenvalue weighted by Gasteiger charge is -2.40. The van der Waals surface area contributed by atoms with E-state index in [1.54, 1.807) is 4.90 Å². The third-order valence-corrected chi connectivity index (χ3v) is 4.28. The Morgan fingerprint density at radius 3 is 3.10 bits per heavy atom. The Morgan fingerprint density at radius 2 is 2.40 bits per heavy atom. The first-order valence-corrected chi connectivity index (χ1v) is 6.83.